The van der Waals surface area contributed by atoms with Gasteiger partial charge in [-0.15, -0.1) is 11.3 Å². The van der Waals surface area contributed by atoms with Crippen LogP contribution in [-0.2, 0) is 10.0 Å². The first-order valence-corrected chi connectivity index (χ1v) is 10.0. The van der Waals surface area contributed by atoms with Gasteiger partial charge in [0.15, 0.2) is 0 Å². The van der Waals surface area contributed by atoms with Crippen LogP contribution in [0.3, 0.4) is 0 Å². The summed E-state index contributed by atoms with van der Waals surface area (Å²) in [6, 6.07) is 1.70. The fraction of sp³-hybridized carbons (Fsp3) is 0.538. The monoisotopic (exact) mass is 360 g/mol. The maximum atomic E-state index is 12.2. The summed E-state index contributed by atoms with van der Waals surface area (Å²) in [5, 5.41) is 3.80. The Hall–Kier alpha value is -1.03. The second-order valence-corrected chi connectivity index (χ2v) is 9.16. The lowest BCUT2D eigenvalue weighted by atomic mass is 10.2. The van der Waals surface area contributed by atoms with Crippen molar-refractivity contribution in [2.45, 2.75) is 38.5 Å². The van der Waals surface area contributed by atoms with Crippen molar-refractivity contribution >= 4 is 38.0 Å². The van der Waals surface area contributed by atoms with E-state index in [1.165, 1.54) is 22.9 Å². The van der Waals surface area contributed by atoms with Gasteiger partial charge < -0.3 is 5.32 Å². The Morgan fingerprint density at radius 3 is 2.55 bits per heavy atom. The van der Waals surface area contributed by atoms with Crippen LogP contribution in [0, 0.1) is 13.8 Å². The zero-order chi connectivity index (χ0) is 16.3. The van der Waals surface area contributed by atoms with Crippen LogP contribution < -0.4 is 10.0 Å². The molecule has 0 spiro atoms. The number of anilines is 1. The Bertz CT molecular complexity index is 734. The number of nitrogens with one attached hydrogen (secondary N) is 2. The predicted octanol–water partition coefficient (Wildman–Crippen LogP) is 2.73. The van der Waals surface area contributed by atoms with Gasteiger partial charge in [0.25, 0.3) is 0 Å². The molecule has 2 heterocycles. The van der Waals surface area contributed by atoms with Crippen LogP contribution >= 0.6 is 22.9 Å². The smallest absolute Gasteiger partial charge is 0.241 e. The van der Waals surface area contributed by atoms with Crippen molar-refractivity contribution in [3.8, 4) is 0 Å². The first kappa shape index (κ1) is 17.3. The molecule has 6 nitrogen and oxygen atoms in total. The summed E-state index contributed by atoms with van der Waals surface area (Å²) in [7, 11) is -3.44. The average molecular weight is 361 g/mol. The van der Waals surface area contributed by atoms with E-state index >= 15 is 0 Å². The predicted molar refractivity (Wildman–Crippen MR) is 91.5 cm³/mol. The van der Waals surface area contributed by atoms with Crippen molar-refractivity contribution < 1.29 is 8.42 Å². The summed E-state index contributed by atoms with van der Waals surface area (Å²) < 4.78 is 31.3. The van der Waals surface area contributed by atoms with Crippen LogP contribution in [0.15, 0.2) is 11.0 Å². The lowest BCUT2D eigenvalue weighted by molar-refractivity contribution is 0.582. The molecule has 122 valence electrons. The molecule has 0 saturated heterocycles. The van der Waals surface area contributed by atoms with E-state index in [9.17, 15) is 8.42 Å². The molecule has 0 fully saturated rings. The second kappa shape index (κ2) is 7.03. The van der Waals surface area contributed by atoms with Gasteiger partial charge >= 0.3 is 0 Å². The summed E-state index contributed by atoms with van der Waals surface area (Å²) in [6.45, 7) is 8.55. The van der Waals surface area contributed by atoms with E-state index in [0.717, 1.165) is 15.6 Å². The van der Waals surface area contributed by atoms with E-state index in [1.807, 2.05) is 27.7 Å². The number of nitrogens with zero attached hydrogens (tertiary/aromatic N) is 2. The van der Waals surface area contributed by atoms with Gasteiger partial charge in [0.05, 0.1) is 4.90 Å². The maximum absolute atomic E-state index is 12.2. The Balaban J connectivity index is 1.86. The van der Waals surface area contributed by atoms with Crippen LogP contribution in [0.2, 0.25) is 0 Å². The normalized spacial score (nSPS) is 12.0. The van der Waals surface area contributed by atoms with Gasteiger partial charge in [-0.25, -0.2) is 18.1 Å². The summed E-state index contributed by atoms with van der Waals surface area (Å²) in [6.07, 6.45) is 0. The quantitative estimate of drug-likeness (QED) is 0.742. The van der Waals surface area contributed by atoms with Crippen LogP contribution in [0.25, 0.3) is 0 Å². The first-order chi connectivity index (χ1) is 10.3. The first-order valence-electron chi connectivity index (χ1n) is 6.94. The number of hydrogen-bond donors (Lipinski definition) is 2. The van der Waals surface area contributed by atoms with Crippen LogP contribution in [0.4, 0.5) is 5.13 Å². The van der Waals surface area contributed by atoms with E-state index in [4.69, 9.17) is 0 Å². The minimum atomic E-state index is -3.44. The molecular formula is C13H20N4O2S3. The molecule has 0 saturated carbocycles. The van der Waals surface area contributed by atoms with Gasteiger partial charge in [0.1, 0.15) is 5.82 Å². The molecule has 0 aliphatic heterocycles. The second-order valence-electron chi connectivity index (χ2n) is 5.21. The van der Waals surface area contributed by atoms with Gasteiger partial charge in [-0.05, 0) is 19.9 Å². The summed E-state index contributed by atoms with van der Waals surface area (Å²) in [5.74, 6) is 1.09. The Morgan fingerprint density at radius 1 is 1.27 bits per heavy atom. The van der Waals surface area contributed by atoms with Crippen LogP contribution in [-0.4, -0.2) is 30.9 Å². The van der Waals surface area contributed by atoms with Crippen molar-refractivity contribution in [1.82, 2.24) is 14.1 Å². The SMILES string of the molecule is Cc1cc(S(=O)(=O)NCCNc2nc(C(C)C)ns2)c(C)s1. The highest BCUT2D eigenvalue weighted by molar-refractivity contribution is 7.89. The zero-order valence-corrected chi connectivity index (χ0v) is 15.5. The highest BCUT2D eigenvalue weighted by atomic mass is 32.2. The molecule has 0 amide bonds. The minimum Gasteiger partial charge on any atom is -0.359 e. The van der Waals surface area contributed by atoms with Crippen molar-refractivity contribution in [3.05, 3.63) is 21.6 Å². The Labute approximate surface area is 139 Å². The largest absolute Gasteiger partial charge is 0.359 e. The number of aromatic nitrogens is 2. The van der Waals surface area contributed by atoms with Gasteiger partial charge in [0.2, 0.25) is 15.2 Å². The van der Waals surface area contributed by atoms with Crippen molar-refractivity contribution in [3.63, 3.8) is 0 Å². The van der Waals surface area contributed by atoms with Gasteiger partial charge in [-0.3, -0.25) is 0 Å². The molecular weight excluding hydrogens is 340 g/mol. The summed E-state index contributed by atoms with van der Waals surface area (Å²) in [5.41, 5.74) is 0. The van der Waals surface area contributed by atoms with Crippen molar-refractivity contribution in [2.75, 3.05) is 18.4 Å². The third-order valence-electron chi connectivity index (χ3n) is 2.94. The highest BCUT2D eigenvalue weighted by Gasteiger charge is 2.18. The molecule has 0 aliphatic carbocycles. The van der Waals surface area contributed by atoms with Crippen molar-refractivity contribution in [2.24, 2.45) is 0 Å². The standard InChI is InChI=1S/C13H20N4O2S3/c1-8(2)12-16-13(21-17-12)14-5-6-15-22(18,19)11-7-9(3)20-10(11)4/h7-8,15H,5-6H2,1-4H3,(H,14,16,17). The van der Waals surface area contributed by atoms with Crippen LogP contribution in [0.1, 0.15) is 35.3 Å². The molecule has 2 N–H and O–H groups in total. The zero-order valence-electron chi connectivity index (χ0n) is 13.0. The number of sulfonamides is 1. The summed E-state index contributed by atoms with van der Waals surface area (Å²) in [4.78, 5) is 6.51. The lowest BCUT2D eigenvalue weighted by Crippen LogP contribution is -2.29. The number of rotatable bonds is 7. The third kappa shape index (κ3) is 4.25. The fourth-order valence-corrected chi connectivity index (χ4v) is 5.17. The molecule has 0 aromatic carbocycles. The molecule has 0 radical (unpaired) electrons. The highest BCUT2D eigenvalue weighted by Crippen LogP contribution is 2.24. The number of thiophene rings is 1. The Morgan fingerprint density at radius 2 is 2.00 bits per heavy atom. The molecule has 22 heavy (non-hydrogen) atoms. The molecule has 9 heteroatoms. The van der Waals surface area contributed by atoms with E-state index in [2.05, 4.69) is 19.4 Å². The summed E-state index contributed by atoms with van der Waals surface area (Å²) >= 11 is 2.78. The number of hydrogen-bond acceptors (Lipinski definition) is 7. The van der Waals surface area contributed by atoms with Crippen molar-refractivity contribution in [1.29, 1.82) is 0 Å². The third-order valence-corrected chi connectivity index (χ3v) is 6.31. The molecule has 2 aromatic rings. The average Bonchev–Trinajstić information content (AvgIpc) is 3.02. The molecule has 0 bridgehead atoms. The Kier molecular flexibility index (Phi) is 5.54. The maximum Gasteiger partial charge on any atom is 0.241 e. The van der Waals surface area contributed by atoms with E-state index in [-0.39, 0.29) is 5.92 Å². The molecule has 2 rings (SSSR count). The molecule has 0 unspecified atom stereocenters. The molecule has 0 atom stereocenters. The molecule has 0 aliphatic rings. The topological polar surface area (TPSA) is 84.0 Å². The fourth-order valence-electron chi connectivity index (χ4n) is 1.85. The molecule has 2 aromatic heterocycles. The van der Waals surface area contributed by atoms with E-state index in [0.29, 0.717) is 23.1 Å². The van der Waals surface area contributed by atoms with Crippen LogP contribution in [0.5, 0.6) is 0 Å². The minimum absolute atomic E-state index is 0.287. The van der Waals surface area contributed by atoms with Gasteiger partial charge in [-0.1, -0.05) is 13.8 Å². The van der Waals surface area contributed by atoms with Gasteiger partial charge in [0, 0.05) is 40.3 Å². The van der Waals surface area contributed by atoms with E-state index in [1.54, 1.807) is 6.07 Å². The lowest BCUT2D eigenvalue weighted by Gasteiger charge is -2.06. The van der Waals surface area contributed by atoms with E-state index < -0.39 is 10.0 Å². The van der Waals surface area contributed by atoms with Gasteiger partial charge in [-0.2, -0.15) is 4.37 Å². The number of aryl methyl sites for hydroxylation is 2.